The van der Waals surface area contributed by atoms with Crippen LogP contribution in [0.2, 0.25) is 5.02 Å². The maximum absolute atomic E-state index is 12.5. The largest absolute Gasteiger partial charge is 0.416 e. The highest BCUT2D eigenvalue weighted by molar-refractivity contribution is 7.99. The number of rotatable bonds is 8. The Bertz CT molecular complexity index is 1170. The summed E-state index contributed by atoms with van der Waals surface area (Å²) in [5.74, 6) is 1.41. The molecule has 0 atom stereocenters. The fourth-order valence-electron chi connectivity index (χ4n) is 3.00. The van der Waals surface area contributed by atoms with Crippen molar-refractivity contribution in [3.05, 3.63) is 81.7 Å². The van der Waals surface area contributed by atoms with Gasteiger partial charge in [-0.1, -0.05) is 47.6 Å². The van der Waals surface area contributed by atoms with Gasteiger partial charge in [-0.2, -0.15) is 0 Å². The van der Waals surface area contributed by atoms with Crippen LogP contribution in [0.1, 0.15) is 24.3 Å². The molecule has 29 heavy (non-hydrogen) atoms. The molecule has 148 valence electrons. The minimum Gasteiger partial charge on any atom is -0.416 e. The van der Waals surface area contributed by atoms with Crippen molar-refractivity contribution >= 4 is 34.3 Å². The Kier molecular flexibility index (Phi) is 6.27. The normalized spacial score (nSPS) is 11.2. The quantitative estimate of drug-likeness (QED) is 0.303. The highest BCUT2D eigenvalue weighted by atomic mass is 35.5. The molecule has 0 aliphatic heterocycles. The van der Waals surface area contributed by atoms with Crippen LogP contribution in [0.3, 0.4) is 0 Å². The van der Waals surface area contributed by atoms with Crippen LogP contribution in [0.5, 0.6) is 0 Å². The summed E-state index contributed by atoms with van der Waals surface area (Å²) in [5.41, 5.74) is 1.77. The number of fused-ring (bicyclic) bond motifs is 1. The van der Waals surface area contributed by atoms with E-state index < -0.39 is 0 Å². The van der Waals surface area contributed by atoms with E-state index in [2.05, 4.69) is 15.2 Å². The fraction of sp³-hybridized carbons (Fsp3) is 0.238. The lowest BCUT2D eigenvalue weighted by Gasteiger charge is -2.06. The van der Waals surface area contributed by atoms with Crippen LogP contribution >= 0.6 is 23.4 Å². The molecule has 0 amide bonds. The van der Waals surface area contributed by atoms with E-state index in [0.29, 0.717) is 34.5 Å². The van der Waals surface area contributed by atoms with E-state index in [-0.39, 0.29) is 5.56 Å². The van der Waals surface area contributed by atoms with E-state index in [0.717, 1.165) is 29.7 Å². The number of aromatic nitrogens is 4. The van der Waals surface area contributed by atoms with Gasteiger partial charge in [0.25, 0.3) is 10.8 Å². The monoisotopic (exact) mass is 426 g/mol. The first-order valence-corrected chi connectivity index (χ1v) is 10.7. The molecule has 0 bridgehead atoms. The van der Waals surface area contributed by atoms with E-state index in [9.17, 15) is 4.79 Å². The van der Waals surface area contributed by atoms with Gasteiger partial charge in [-0.25, -0.2) is 4.98 Å². The third-order valence-corrected chi connectivity index (χ3v) is 5.58. The second-order valence-corrected chi connectivity index (χ2v) is 8.07. The average molecular weight is 427 g/mol. The summed E-state index contributed by atoms with van der Waals surface area (Å²) in [6.07, 6.45) is 3.98. The van der Waals surface area contributed by atoms with Crippen molar-refractivity contribution in [3.63, 3.8) is 0 Å². The minimum atomic E-state index is 0.00538. The van der Waals surface area contributed by atoms with E-state index in [1.807, 2.05) is 48.5 Å². The summed E-state index contributed by atoms with van der Waals surface area (Å²) >= 11 is 7.53. The summed E-state index contributed by atoms with van der Waals surface area (Å²) < 4.78 is 7.36. The molecule has 6 nitrogen and oxygen atoms in total. The maximum atomic E-state index is 12.5. The Morgan fingerprint density at radius 2 is 1.97 bits per heavy atom. The Balaban J connectivity index is 1.25. The van der Waals surface area contributed by atoms with Crippen molar-refractivity contribution in [1.82, 2.24) is 19.7 Å². The van der Waals surface area contributed by atoms with Gasteiger partial charge in [-0.15, -0.1) is 10.2 Å². The number of benzene rings is 2. The van der Waals surface area contributed by atoms with Gasteiger partial charge in [0.2, 0.25) is 5.89 Å². The van der Waals surface area contributed by atoms with Crippen LogP contribution in [0.25, 0.3) is 10.9 Å². The van der Waals surface area contributed by atoms with Gasteiger partial charge in [0.05, 0.1) is 23.7 Å². The number of aryl methyl sites for hydroxylation is 1. The van der Waals surface area contributed by atoms with Crippen molar-refractivity contribution in [2.24, 2.45) is 0 Å². The van der Waals surface area contributed by atoms with Crippen molar-refractivity contribution in [3.8, 4) is 0 Å². The predicted octanol–water partition coefficient (Wildman–Crippen LogP) is 4.60. The predicted molar refractivity (Wildman–Crippen MR) is 115 cm³/mol. The van der Waals surface area contributed by atoms with Gasteiger partial charge in [-0.3, -0.25) is 9.36 Å². The molecule has 2 aromatic heterocycles. The maximum Gasteiger partial charge on any atom is 0.276 e. The molecule has 0 aliphatic rings. The molecule has 2 heterocycles. The molecular weight excluding hydrogens is 408 g/mol. The minimum absolute atomic E-state index is 0.00538. The summed E-state index contributed by atoms with van der Waals surface area (Å²) in [7, 11) is 0. The number of hydrogen-bond donors (Lipinski definition) is 0. The highest BCUT2D eigenvalue weighted by Gasteiger charge is 2.08. The highest BCUT2D eigenvalue weighted by Crippen LogP contribution is 2.20. The average Bonchev–Trinajstić information content (AvgIpc) is 3.16. The Hall–Kier alpha value is -2.64. The zero-order chi connectivity index (χ0) is 20.1. The Labute approximate surface area is 176 Å². The zero-order valence-electron chi connectivity index (χ0n) is 15.6. The first-order chi connectivity index (χ1) is 14.2. The van der Waals surface area contributed by atoms with Crippen molar-refractivity contribution in [2.75, 3.05) is 5.75 Å². The lowest BCUT2D eigenvalue weighted by molar-refractivity contribution is 0.420. The van der Waals surface area contributed by atoms with Crippen LogP contribution in [-0.2, 0) is 13.0 Å². The van der Waals surface area contributed by atoms with E-state index in [1.165, 1.54) is 11.8 Å². The number of halogens is 1. The molecule has 4 rings (SSSR count). The molecule has 8 heteroatoms. The van der Waals surface area contributed by atoms with E-state index in [4.69, 9.17) is 16.0 Å². The third-order valence-electron chi connectivity index (χ3n) is 4.44. The molecule has 0 unspecified atom stereocenters. The zero-order valence-corrected chi connectivity index (χ0v) is 17.2. The summed E-state index contributed by atoms with van der Waals surface area (Å²) in [5, 5.41) is 10.1. The van der Waals surface area contributed by atoms with Crippen molar-refractivity contribution < 1.29 is 4.42 Å². The van der Waals surface area contributed by atoms with Gasteiger partial charge in [0.1, 0.15) is 0 Å². The molecule has 0 N–H and O–H groups in total. The van der Waals surface area contributed by atoms with Gasteiger partial charge < -0.3 is 4.42 Å². The molecular formula is C21H19ClN4O2S. The Morgan fingerprint density at radius 3 is 2.86 bits per heavy atom. The summed E-state index contributed by atoms with van der Waals surface area (Å²) in [4.78, 5) is 16.8. The second kappa shape index (κ2) is 9.24. The second-order valence-electron chi connectivity index (χ2n) is 6.58. The molecule has 2 aromatic carbocycles. The smallest absolute Gasteiger partial charge is 0.276 e. The lowest BCUT2D eigenvalue weighted by atomic mass is 10.1. The third kappa shape index (κ3) is 5.05. The Morgan fingerprint density at radius 1 is 1.07 bits per heavy atom. The van der Waals surface area contributed by atoms with Crippen LogP contribution in [-0.4, -0.2) is 25.5 Å². The molecule has 0 saturated heterocycles. The van der Waals surface area contributed by atoms with Crippen LogP contribution in [0, 0.1) is 0 Å². The molecule has 0 aliphatic carbocycles. The van der Waals surface area contributed by atoms with Gasteiger partial charge in [-0.05, 0) is 42.7 Å². The van der Waals surface area contributed by atoms with Gasteiger partial charge in [0.15, 0.2) is 0 Å². The first-order valence-electron chi connectivity index (χ1n) is 9.33. The van der Waals surface area contributed by atoms with Gasteiger partial charge >= 0.3 is 0 Å². The lowest BCUT2D eigenvalue weighted by Crippen LogP contribution is -2.20. The molecule has 4 aromatic rings. The van der Waals surface area contributed by atoms with Crippen LogP contribution in [0.15, 0.2) is 69.3 Å². The number of para-hydroxylation sites is 1. The van der Waals surface area contributed by atoms with Crippen LogP contribution < -0.4 is 5.56 Å². The molecule has 0 radical (unpaired) electrons. The first kappa shape index (κ1) is 19.7. The van der Waals surface area contributed by atoms with E-state index >= 15 is 0 Å². The van der Waals surface area contributed by atoms with E-state index in [1.54, 1.807) is 10.9 Å². The number of hydrogen-bond acceptors (Lipinski definition) is 6. The van der Waals surface area contributed by atoms with Crippen molar-refractivity contribution in [2.45, 2.75) is 31.0 Å². The number of unbranched alkanes of at least 4 members (excludes halogenated alkanes) is 1. The summed E-state index contributed by atoms with van der Waals surface area (Å²) in [6.45, 7) is 0.640. The van der Waals surface area contributed by atoms with Gasteiger partial charge in [0, 0.05) is 17.3 Å². The standard InChI is InChI=1S/C21H19ClN4O2S/c22-16-7-5-6-15(12-16)13-19-24-25-21(28-19)29-11-4-3-10-26-14-23-18-9-2-1-8-17(18)20(26)27/h1-2,5-9,12,14H,3-4,10-11,13H2. The van der Waals surface area contributed by atoms with Crippen LogP contribution in [0.4, 0.5) is 0 Å². The fourth-order valence-corrected chi connectivity index (χ4v) is 3.99. The molecule has 0 saturated carbocycles. The molecule has 0 spiro atoms. The molecule has 0 fully saturated rings. The number of thioether (sulfide) groups is 1. The SMILES string of the molecule is O=c1c2ccccc2ncn1CCCCSc1nnc(Cc2cccc(Cl)c2)o1. The topological polar surface area (TPSA) is 73.8 Å². The number of nitrogens with zero attached hydrogens (tertiary/aromatic N) is 4. The summed E-state index contributed by atoms with van der Waals surface area (Å²) in [6, 6.07) is 15.0. The van der Waals surface area contributed by atoms with Crippen molar-refractivity contribution in [1.29, 1.82) is 0 Å².